The number of hydrogen-bond acceptors (Lipinski definition) is 2. The van der Waals surface area contributed by atoms with E-state index in [9.17, 15) is 4.39 Å². The van der Waals surface area contributed by atoms with E-state index in [0.717, 1.165) is 24.3 Å². The van der Waals surface area contributed by atoms with E-state index in [-0.39, 0.29) is 5.82 Å². The number of nitrogens with zero attached hydrogens (tertiary/aromatic N) is 1. The Balaban J connectivity index is 2.95. The number of anilines is 1. The van der Waals surface area contributed by atoms with Gasteiger partial charge in [-0.25, -0.2) is 4.39 Å². The molecule has 0 aliphatic heterocycles. The summed E-state index contributed by atoms with van der Waals surface area (Å²) >= 11 is 3.42. The van der Waals surface area contributed by atoms with Crippen molar-refractivity contribution in [3.8, 4) is 0 Å². The normalized spacial score (nSPS) is 11.0. The van der Waals surface area contributed by atoms with Crippen LogP contribution in [0.2, 0.25) is 0 Å². The Hall–Kier alpha value is -0.610. The molecule has 18 heavy (non-hydrogen) atoms. The standard InChI is InChI=1S/C14H21BrFNO/c1-11(2)10-17(6-7-18-3)14-5-4-13(16)8-12(14)9-15/h4-5,8,11H,6-7,9-10H2,1-3H3. The highest BCUT2D eigenvalue weighted by molar-refractivity contribution is 9.08. The zero-order valence-electron chi connectivity index (χ0n) is 11.2. The number of hydrogen-bond donors (Lipinski definition) is 0. The van der Waals surface area contributed by atoms with Crippen LogP contribution in [0, 0.1) is 11.7 Å². The van der Waals surface area contributed by atoms with Crippen LogP contribution < -0.4 is 4.90 Å². The van der Waals surface area contributed by atoms with Crippen LogP contribution in [0.3, 0.4) is 0 Å². The van der Waals surface area contributed by atoms with Crippen molar-refractivity contribution in [2.24, 2.45) is 5.92 Å². The Morgan fingerprint density at radius 2 is 2.11 bits per heavy atom. The van der Waals surface area contributed by atoms with Crippen LogP contribution in [0.15, 0.2) is 18.2 Å². The number of rotatable bonds is 7. The van der Waals surface area contributed by atoms with E-state index in [1.54, 1.807) is 13.2 Å². The molecule has 0 atom stereocenters. The fourth-order valence-corrected chi connectivity index (χ4v) is 2.37. The first-order valence-electron chi connectivity index (χ1n) is 6.16. The minimum absolute atomic E-state index is 0.190. The van der Waals surface area contributed by atoms with Crippen LogP contribution in [0.4, 0.5) is 10.1 Å². The smallest absolute Gasteiger partial charge is 0.123 e. The number of benzene rings is 1. The van der Waals surface area contributed by atoms with Crippen molar-refractivity contribution in [1.29, 1.82) is 0 Å². The van der Waals surface area contributed by atoms with Crippen LogP contribution in [0.25, 0.3) is 0 Å². The fraction of sp³-hybridized carbons (Fsp3) is 0.571. The second kappa shape index (κ2) is 7.74. The lowest BCUT2D eigenvalue weighted by Gasteiger charge is -2.28. The lowest BCUT2D eigenvalue weighted by atomic mass is 10.1. The van der Waals surface area contributed by atoms with Crippen LogP contribution >= 0.6 is 15.9 Å². The monoisotopic (exact) mass is 317 g/mol. The highest BCUT2D eigenvalue weighted by atomic mass is 79.9. The summed E-state index contributed by atoms with van der Waals surface area (Å²) in [7, 11) is 1.70. The number of ether oxygens (including phenoxy) is 1. The summed E-state index contributed by atoms with van der Waals surface area (Å²) in [6.45, 7) is 6.79. The predicted molar refractivity (Wildman–Crippen MR) is 78.0 cm³/mol. The van der Waals surface area contributed by atoms with Crippen molar-refractivity contribution in [1.82, 2.24) is 0 Å². The van der Waals surface area contributed by atoms with Gasteiger partial charge in [0, 0.05) is 31.2 Å². The largest absolute Gasteiger partial charge is 0.383 e. The third kappa shape index (κ3) is 4.58. The molecule has 4 heteroatoms. The molecule has 0 aliphatic carbocycles. The zero-order valence-corrected chi connectivity index (χ0v) is 12.8. The molecule has 0 heterocycles. The maximum absolute atomic E-state index is 13.2. The highest BCUT2D eigenvalue weighted by Gasteiger charge is 2.12. The van der Waals surface area contributed by atoms with Crippen molar-refractivity contribution in [2.75, 3.05) is 31.7 Å². The summed E-state index contributed by atoms with van der Waals surface area (Å²) in [5.41, 5.74) is 2.06. The Morgan fingerprint density at radius 3 is 2.67 bits per heavy atom. The quantitative estimate of drug-likeness (QED) is 0.709. The second-order valence-electron chi connectivity index (χ2n) is 4.74. The van der Waals surface area contributed by atoms with E-state index < -0.39 is 0 Å². The van der Waals surface area contributed by atoms with Crippen LogP contribution in [-0.2, 0) is 10.1 Å². The van der Waals surface area contributed by atoms with Gasteiger partial charge in [0.1, 0.15) is 5.82 Å². The van der Waals surface area contributed by atoms with E-state index in [2.05, 4.69) is 34.7 Å². The van der Waals surface area contributed by atoms with Gasteiger partial charge in [0.15, 0.2) is 0 Å². The van der Waals surface area contributed by atoms with E-state index in [1.165, 1.54) is 6.07 Å². The predicted octanol–water partition coefficient (Wildman–Crippen LogP) is 3.83. The molecule has 0 unspecified atom stereocenters. The molecule has 0 fully saturated rings. The average molecular weight is 318 g/mol. The molecule has 0 aliphatic rings. The molecule has 0 radical (unpaired) electrons. The molecule has 0 amide bonds. The van der Waals surface area contributed by atoms with Gasteiger partial charge < -0.3 is 9.64 Å². The first-order chi connectivity index (χ1) is 8.58. The van der Waals surface area contributed by atoms with Gasteiger partial charge >= 0.3 is 0 Å². The van der Waals surface area contributed by atoms with Crippen molar-refractivity contribution >= 4 is 21.6 Å². The molecule has 0 aromatic heterocycles. The van der Waals surface area contributed by atoms with Crippen LogP contribution in [0.5, 0.6) is 0 Å². The Kier molecular flexibility index (Phi) is 6.65. The summed E-state index contributed by atoms with van der Waals surface area (Å²) in [4.78, 5) is 2.25. The SMILES string of the molecule is COCCN(CC(C)C)c1ccc(F)cc1CBr. The van der Waals surface area contributed by atoms with Gasteiger partial charge in [-0.2, -0.15) is 0 Å². The first-order valence-corrected chi connectivity index (χ1v) is 7.29. The topological polar surface area (TPSA) is 12.5 Å². The van der Waals surface area contributed by atoms with E-state index in [4.69, 9.17) is 4.74 Å². The van der Waals surface area contributed by atoms with Crippen molar-refractivity contribution < 1.29 is 9.13 Å². The lowest BCUT2D eigenvalue weighted by Crippen LogP contribution is -2.31. The van der Waals surface area contributed by atoms with Gasteiger partial charge in [0.25, 0.3) is 0 Å². The lowest BCUT2D eigenvalue weighted by molar-refractivity contribution is 0.204. The Morgan fingerprint density at radius 1 is 1.39 bits per heavy atom. The van der Waals surface area contributed by atoms with Gasteiger partial charge in [0.2, 0.25) is 0 Å². The molecule has 0 bridgehead atoms. The number of alkyl halides is 1. The maximum atomic E-state index is 13.2. The Bertz CT molecular complexity index is 371. The second-order valence-corrected chi connectivity index (χ2v) is 5.30. The molecule has 0 N–H and O–H groups in total. The van der Waals surface area contributed by atoms with Gasteiger partial charge in [-0.3, -0.25) is 0 Å². The number of methoxy groups -OCH3 is 1. The minimum Gasteiger partial charge on any atom is -0.383 e. The fourth-order valence-electron chi connectivity index (χ4n) is 1.92. The van der Waals surface area contributed by atoms with Crippen molar-refractivity contribution in [2.45, 2.75) is 19.2 Å². The molecule has 1 aromatic rings. The van der Waals surface area contributed by atoms with Crippen molar-refractivity contribution in [3.05, 3.63) is 29.6 Å². The van der Waals surface area contributed by atoms with Gasteiger partial charge in [-0.05, 0) is 29.7 Å². The first kappa shape index (κ1) is 15.4. The van der Waals surface area contributed by atoms with E-state index in [1.807, 2.05) is 6.07 Å². The molecule has 0 saturated carbocycles. The number of halogens is 2. The maximum Gasteiger partial charge on any atom is 0.123 e. The van der Waals surface area contributed by atoms with Crippen LogP contribution in [-0.4, -0.2) is 26.8 Å². The molecule has 0 spiro atoms. The van der Waals surface area contributed by atoms with Gasteiger partial charge in [-0.15, -0.1) is 0 Å². The third-order valence-corrected chi connectivity index (χ3v) is 3.28. The minimum atomic E-state index is -0.190. The molecular weight excluding hydrogens is 297 g/mol. The van der Waals surface area contributed by atoms with Gasteiger partial charge in [-0.1, -0.05) is 29.8 Å². The zero-order chi connectivity index (χ0) is 13.5. The summed E-state index contributed by atoms with van der Waals surface area (Å²) in [6.07, 6.45) is 0. The summed E-state index contributed by atoms with van der Waals surface area (Å²) in [5.74, 6) is 0.361. The molecule has 2 nitrogen and oxygen atoms in total. The summed E-state index contributed by atoms with van der Waals surface area (Å²) in [6, 6.07) is 4.95. The molecule has 1 aromatic carbocycles. The summed E-state index contributed by atoms with van der Waals surface area (Å²) in [5, 5.41) is 0.654. The van der Waals surface area contributed by atoms with Crippen molar-refractivity contribution in [3.63, 3.8) is 0 Å². The highest BCUT2D eigenvalue weighted by Crippen LogP contribution is 2.24. The molecular formula is C14H21BrFNO. The average Bonchev–Trinajstić information content (AvgIpc) is 2.34. The molecule has 102 valence electrons. The molecule has 0 saturated heterocycles. The van der Waals surface area contributed by atoms with Gasteiger partial charge in [0.05, 0.1) is 6.61 Å². The summed E-state index contributed by atoms with van der Waals surface area (Å²) < 4.78 is 18.4. The van der Waals surface area contributed by atoms with E-state index in [0.29, 0.717) is 17.9 Å². The van der Waals surface area contributed by atoms with Crippen LogP contribution in [0.1, 0.15) is 19.4 Å². The van der Waals surface area contributed by atoms with E-state index >= 15 is 0 Å². The third-order valence-electron chi connectivity index (χ3n) is 2.68. The Labute approximate surface area is 117 Å². The molecule has 1 rings (SSSR count).